The Balaban J connectivity index is 1.82. The van der Waals surface area contributed by atoms with Crippen molar-refractivity contribution in [1.82, 2.24) is 20.2 Å². The highest BCUT2D eigenvalue weighted by Gasteiger charge is 2.35. The smallest absolute Gasteiger partial charge is 0.275 e. The molecule has 0 aliphatic heterocycles. The Labute approximate surface area is 220 Å². The summed E-state index contributed by atoms with van der Waals surface area (Å²) in [6.07, 6.45) is 5.74. The third kappa shape index (κ3) is 5.92. The van der Waals surface area contributed by atoms with E-state index in [9.17, 15) is 9.59 Å². The van der Waals surface area contributed by atoms with Gasteiger partial charge in [-0.2, -0.15) is 0 Å². The number of rotatable bonds is 11. The molecule has 10 heteroatoms. The average Bonchev–Trinajstić information content (AvgIpc) is 3.49. The van der Waals surface area contributed by atoms with E-state index in [1.807, 2.05) is 30.3 Å². The summed E-state index contributed by atoms with van der Waals surface area (Å²) in [7, 11) is 4.46. The molecular weight excluding hydrogens is 488 g/mol. The van der Waals surface area contributed by atoms with Crippen molar-refractivity contribution in [3.8, 4) is 17.2 Å². The molecule has 4 rings (SSSR count). The van der Waals surface area contributed by atoms with Gasteiger partial charge < -0.3 is 28.8 Å². The van der Waals surface area contributed by atoms with Crippen molar-refractivity contribution in [3.63, 3.8) is 0 Å². The van der Waals surface area contributed by atoms with Gasteiger partial charge in [-0.05, 0) is 35.4 Å². The molecule has 2 aromatic carbocycles. The zero-order valence-electron chi connectivity index (χ0n) is 21.3. The number of nitrogens with zero attached hydrogens (tertiary/aromatic N) is 3. The van der Waals surface area contributed by atoms with E-state index in [0.29, 0.717) is 28.6 Å². The Hall–Kier alpha value is -4.86. The number of furan rings is 1. The third-order valence-corrected chi connectivity index (χ3v) is 5.82. The van der Waals surface area contributed by atoms with Crippen LogP contribution in [0.25, 0.3) is 0 Å². The van der Waals surface area contributed by atoms with Gasteiger partial charge >= 0.3 is 0 Å². The molecule has 0 bridgehead atoms. The van der Waals surface area contributed by atoms with Crippen LogP contribution in [0.15, 0.2) is 83.9 Å². The number of carbonyl (C=O) groups excluding carboxylic acids is 2. The molecule has 2 amide bonds. The Morgan fingerprint density at radius 3 is 2.29 bits per heavy atom. The normalized spacial score (nSPS) is 11.3. The first-order valence-corrected chi connectivity index (χ1v) is 11.8. The van der Waals surface area contributed by atoms with Gasteiger partial charge in [-0.3, -0.25) is 14.6 Å². The number of methoxy groups -OCH3 is 3. The quantitative estimate of drug-likeness (QED) is 0.320. The lowest BCUT2D eigenvalue weighted by molar-refractivity contribution is -0.126. The number of hydrogen-bond donors (Lipinski definition) is 1. The number of benzene rings is 2. The molecule has 0 aliphatic rings. The molecule has 1 atom stereocenters. The second-order valence-corrected chi connectivity index (χ2v) is 8.17. The Bertz CT molecular complexity index is 1320. The van der Waals surface area contributed by atoms with Crippen molar-refractivity contribution >= 4 is 11.8 Å². The van der Waals surface area contributed by atoms with Crippen LogP contribution in [-0.2, 0) is 17.9 Å². The van der Waals surface area contributed by atoms with Crippen LogP contribution < -0.4 is 19.5 Å². The summed E-state index contributed by atoms with van der Waals surface area (Å²) >= 11 is 0. The molecule has 38 heavy (non-hydrogen) atoms. The third-order valence-electron chi connectivity index (χ3n) is 5.82. The highest BCUT2D eigenvalue weighted by Crippen LogP contribution is 2.41. The average molecular weight is 517 g/mol. The summed E-state index contributed by atoms with van der Waals surface area (Å²) in [6, 6.07) is 15.1. The predicted molar refractivity (Wildman–Crippen MR) is 138 cm³/mol. The van der Waals surface area contributed by atoms with Gasteiger partial charge in [0.25, 0.3) is 5.91 Å². The molecule has 10 nitrogen and oxygen atoms in total. The lowest BCUT2D eigenvalue weighted by Crippen LogP contribution is -2.43. The SMILES string of the molecule is COc1cc([C@@H](C(=O)NCc2ccccc2)N(Cc2ccco2)C(=O)c2cnccn2)cc(OC)c1OC. The first-order chi connectivity index (χ1) is 18.5. The number of hydrogen-bond acceptors (Lipinski definition) is 8. The number of carbonyl (C=O) groups is 2. The maximum atomic E-state index is 13.9. The monoisotopic (exact) mass is 516 g/mol. The Kier molecular flexibility index (Phi) is 8.55. The van der Waals surface area contributed by atoms with E-state index >= 15 is 0 Å². The first-order valence-electron chi connectivity index (χ1n) is 11.8. The molecule has 0 aliphatic carbocycles. The van der Waals surface area contributed by atoms with Gasteiger partial charge in [0.1, 0.15) is 17.5 Å². The van der Waals surface area contributed by atoms with Crippen LogP contribution in [0.1, 0.15) is 33.4 Å². The van der Waals surface area contributed by atoms with Gasteiger partial charge in [-0.15, -0.1) is 0 Å². The highest BCUT2D eigenvalue weighted by molar-refractivity contribution is 5.96. The number of amides is 2. The number of ether oxygens (including phenoxy) is 3. The van der Waals surface area contributed by atoms with Crippen LogP contribution in [0.3, 0.4) is 0 Å². The molecule has 1 N–H and O–H groups in total. The molecule has 196 valence electrons. The van der Waals surface area contributed by atoms with Crippen LogP contribution in [0.2, 0.25) is 0 Å². The number of aromatic nitrogens is 2. The fraction of sp³-hybridized carbons (Fsp3) is 0.214. The van der Waals surface area contributed by atoms with Gasteiger partial charge in [0, 0.05) is 18.9 Å². The van der Waals surface area contributed by atoms with E-state index in [1.165, 1.54) is 51.1 Å². The molecule has 2 heterocycles. The zero-order valence-corrected chi connectivity index (χ0v) is 21.3. The summed E-state index contributed by atoms with van der Waals surface area (Å²) in [5, 5.41) is 2.96. The van der Waals surface area contributed by atoms with E-state index in [1.54, 1.807) is 24.3 Å². The summed E-state index contributed by atoms with van der Waals surface area (Å²) in [5.41, 5.74) is 1.42. The van der Waals surface area contributed by atoms with Crippen LogP contribution in [-0.4, -0.2) is 48.0 Å². The fourth-order valence-electron chi connectivity index (χ4n) is 4.02. The second-order valence-electron chi connectivity index (χ2n) is 8.17. The van der Waals surface area contributed by atoms with Crippen LogP contribution >= 0.6 is 0 Å². The van der Waals surface area contributed by atoms with Gasteiger partial charge in [-0.25, -0.2) is 4.98 Å². The lowest BCUT2D eigenvalue weighted by Gasteiger charge is -2.31. The molecule has 0 radical (unpaired) electrons. The van der Waals surface area contributed by atoms with Crippen molar-refractivity contribution < 1.29 is 28.2 Å². The minimum Gasteiger partial charge on any atom is -0.493 e. The van der Waals surface area contributed by atoms with Gasteiger partial charge in [0.05, 0.1) is 40.3 Å². The van der Waals surface area contributed by atoms with Crippen molar-refractivity contribution in [2.45, 2.75) is 19.1 Å². The van der Waals surface area contributed by atoms with E-state index in [0.717, 1.165) is 5.56 Å². The summed E-state index contributed by atoms with van der Waals surface area (Å²) in [4.78, 5) is 37.3. The Morgan fingerprint density at radius 2 is 1.71 bits per heavy atom. The second kappa shape index (κ2) is 12.4. The zero-order chi connectivity index (χ0) is 26.9. The molecular formula is C28H28N4O6. The Morgan fingerprint density at radius 1 is 0.974 bits per heavy atom. The molecule has 2 aromatic heterocycles. The van der Waals surface area contributed by atoms with Crippen LogP contribution in [0, 0.1) is 0 Å². The minimum atomic E-state index is -1.12. The molecule has 4 aromatic rings. The fourth-order valence-corrected chi connectivity index (χ4v) is 4.02. The highest BCUT2D eigenvalue weighted by atomic mass is 16.5. The summed E-state index contributed by atoms with van der Waals surface area (Å²) < 4.78 is 22.1. The number of nitrogens with one attached hydrogen (secondary N) is 1. The molecule has 0 saturated heterocycles. The molecule has 0 spiro atoms. The van der Waals surface area contributed by atoms with Gasteiger partial charge in [-0.1, -0.05) is 30.3 Å². The molecule has 0 saturated carbocycles. The van der Waals surface area contributed by atoms with Crippen LogP contribution in [0.5, 0.6) is 17.2 Å². The summed E-state index contributed by atoms with van der Waals surface area (Å²) in [6.45, 7) is 0.247. The van der Waals surface area contributed by atoms with Crippen molar-refractivity contribution in [3.05, 3.63) is 102 Å². The molecule has 0 unspecified atom stereocenters. The first kappa shape index (κ1) is 26.2. The van der Waals surface area contributed by atoms with Crippen LogP contribution in [0.4, 0.5) is 0 Å². The van der Waals surface area contributed by atoms with Crippen molar-refractivity contribution in [2.24, 2.45) is 0 Å². The lowest BCUT2D eigenvalue weighted by atomic mass is 10.0. The van der Waals surface area contributed by atoms with E-state index in [4.69, 9.17) is 18.6 Å². The standard InChI is InChI=1S/C28H28N4O6/c1-35-23-14-20(15-24(36-2)26(23)37-3)25(27(33)31-16-19-8-5-4-6-9-19)32(18-21-10-7-13-38-21)28(34)22-17-29-11-12-30-22/h4-15,17,25H,16,18H2,1-3H3,(H,31,33)/t25-/m0/s1. The van der Waals surface area contributed by atoms with E-state index < -0.39 is 17.9 Å². The maximum Gasteiger partial charge on any atom is 0.275 e. The predicted octanol–water partition coefficient (Wildman–Crippen LogP) is 3.80. The topological polar surface area (TPSA) is 116 Å². The van der Waals surface area contributed by atoms with Gasteiger partial charge in [0.15, 0.2) is 11.5 Å². The maximum absolute atomic E-state index is 13.9. The summed E-state index contributed by atoms with van der Waals surface area (Å²) in [5.74, 6) is 0.589. The van der Waals surface area contributed by atoms with Crippen molar-refractivity contribution in [2.75, 3.05) is 21.3 Å². The van der Waals surface area contributed by atoms with E-state index in [-0.39, 0.29) is 18.8 Å². The molecule has 0 fully saturated rings. The van der Waals surface area contributed by atoms with E-state index in [2.05, 4.69) is 15.3 Å². The minimum absolute atomic E-state index is 0.0114. The van der Waals surface area contributed by atoms with Gasteiger partial charge in [0.2, 0.25) is 11.7 Å². The van der Waals surface area contributed by atoms with Crippen molar-refractivity contribution in [1.29, 1.82) is 0 Å². The largest absolute Gasteiger partial charge is 0.493 e.